The number of nitrogens with zero attached hydrogens (tertiary/aromatic N) is 3. The Kier molecular flexibility index (Phi) is 7.88. The van der Waals surface area contributed by atoms with Crippen LogP contribution in [0.5, 0.6) is 0 Å². The molecule has 4 rings (SSSR count). The second-order valence-corrected chi connectivity index (χ2v) is 14.8. The summed E-state index contributed by atoms with van der Waals surface area (Å²) < 4.78 is 76.7. The number of azo groups is 1. The van der Waals surface area contributed by atoms with Gasteiger partial charge in [-0.25, -0.2) is 25.3 Å². The number of non-ortho nitro benzene ring substituents is 1. The maximum Gasteiger partial charge on any atom is 0.270 e. The quantitative estimate of drug-likeness (QED) is 0.106. The summed E-state index contributed by atoms with van der Waals surface area (Å²) in [5, 5.41) is 20.0. The molecule has 12 nitrogen and oxygen atoms in total. The molecule has 4 aromatic carbocycles. The molecule has 0 aromatic heterocycles. The molecule has 0 amide bonds. The van der Waals surface area contributed by atoms with Crippen molar-refractivity contribution in [2.45, 2.75) is 14.7 Å². The lowest BCUT2D eigenvalue weighted by Crippen LogP contribution is -2.13. The Hall–Kier alpha value is -3.63. The molecule has 0 heterocycles. The van der Waals surface area contributed by atoms with Crippen molar-refractivity contribution < 1.29 is 30.2 Å². The average molecular weight is 644 g/mol. The van der Waals surface area contributed by atoms with E-state index < -0.39 is 49.3 Å². The predicted octanol–water partition coefficient (Wildman–Crippen LogP) is 5.95. The highest BCUT2D eigenvalue weighted by Crippen LogP contribution is 2.39. The van der Waals surface area contributed by atoms with Gasteiger partial charge in [-0.2, -0.15) is 0 Å². The zero-order chi connectivity index (χ0) is 29.5. The SMILES string of the molecule is CS(=O)(=O)c1cc([N+](=O)[O-])ccc1/N=N/c1ccc(Cl)c2cccc(NS(=O)(=O)c3cccc(S(=O)(=O)Cl)c3)c12. The topological polar surface area (TPSA) is 182 Å². The van der Waals surface area contributed by atoms with Crippen LogP contribution in [0.4, 0.5) is 22.7 Å². The summed E-state index contributed by atoms with van der Waals surface area (Å²) in [4.78, 5) is 9.13. The minimum atomic E-state index is -4.35. The van der Waals surface area contributed by atoms with Crippen molar-refractivity contribution in [2.75, 3.05) is 11.0 Å². The number of nitro benzene ring substituents is 1. The van der Waals surface area contributed by atoms with Crippen molar-refractivity contribution >= 4 is 84.7 Å². The van der Waals surface area contributed by atoms with Gasteiger partial charge in [0.2, 0.25) is 0 Å². The van der Waals surface area contributed by atoms with E-state index in [9.17, 15) is 35.4 Å². The number of sulfonamides is 1. The molecule has 0 aliphatic rings. The van der Waals surface area contributed by atoms with E-state index in [0.29, 0.717) is 5.39 Å². The highest BCUT2D eigenvalue weighted by Gasteiger charge is 2.21. The second kappa shape index (κ2) is 10.7. The fourth-order valence-electron chi connectivity index (χ4n) is 3.62. The zero-order valence-corrected chi connectivity index (χ0v) is 24.0. The molecule has 0 aliphatic carbocycles. The van der Waals surface area contributed by atoms with Crippen molar-refractivity contribution in [3.63, 3.8) is 0 Å². The van der Waals surface area contributed by atoms with Crippen LogP contribution in [0, 0.1) is 10.1 Å². The van der Waals surface area contributed by atoms with Crippen LogP contribution >= 0.6 is 22.3 Å². The second-order valence-electron chi connectivity index (χ2n) is 8.19. The van der Waals surface area contributed by atoms with E-state index in [4.69, 9.17) is 22.3 Å². The number of rotatable bonds is 8. The molecule has 0 fully saturated rings. The van der Waals surface area contributed by atoms with E-state index in [2.05, 4.69) is 15.0 Å². The molecule has 40 heavy (non-hydrogen) atoms. The standard InChI is InChI=1S/C23H16Cl2N4O8S3/c1-38(32,33)22-12-14(29(30)31)8-10-19(22)26-27-20-11-9-18(24)17-6-3-7-21(23(17)20)28-40(36,37)16-5-2-4-15(13-16)39(25,34)35/h2-13,28H,1H3/b27-26+. The van der Waals surface area contributed by atoms with Gasteiger partial charge >= 0.3 is 0 Å². The molecular formula is C23H16Cl2N4O8S3. The summed E-state index contributed by atoms with van der Waals surface area (Å²) in [6, 6.07) is 14.9. The first-order valence-corrected chi connectivity index (χ1v) is 16.8. The van der Waals surface area contributed by atoms with Crippen molar-refractivity contribution in [1.82, 2.24) is 0 Å². The molecule has 0 saturated carbocycles. The maximum atomic E-state index is 13.2. The lowest BCUT2D eigenvalue weighted by Gasteiger charge is -2.13. The minimum Gasteiger partial charge on any atom is -0.279 e. The van der Waals surface area contributed by atoms with Gasteiger partial charge in [0.1, 0.15) is 10.6 Å². The monoisotopic (exact) mass is 642 g/mol. The largest absolute Gasteiger partial charge is 0.279 e. The normalized spacial score (nSPS) is 12.6. The number of benzene rings is 4. The minimum absolute atomic E-state index is 0.000111. The predicted molar refractivity (Wildman–Crippen MR) is 150 cm³/mol. The molecule has 4 aromatic rings. The van der Waals surface area contributed by atoms with Crippen LogP contribution in [0.1, 0.15) is 0 Å². The fourth-order valence-corrected chi connectivity index (χ4v) is 6.65. The summed E-state index contributed by atoms with van der Waals surface area (Å²) >= 11 is 6.34. The number of nitro groups is 1. The van der Waals surface area contributed by atoms with E-state index in [1.807, 2.05) is 0 Å². The first-order valence-electron chi connectivity index (χ1n) is 10.8. The summed E-state index contributed by atoms with van der Waals surface area (Å²) in [5.41, 5.74) is -0.569. The van der Waals surface area contributed by atoms with Gasteiger partial charge in [-0.1, -0.05) is 29.8 Å². The molecule has 17 heteroatoms. The first kappa shape index (κ1) is 29.4. The number of halogens is 2. The van der Waals surface area contributed by atoms with Gasteiger partial charge < -0.3 is 0 Å². The Morgan fingerprint density at radius 2 is 1.45 bits per heavy atom. The lowest BCUT2D eigenvalue weighted by molar-refractivity contribution is -0.385. The summed E-state index contributed by atoms with van der Waals surface area (Å²) in [6.07, 6.45) is 0.861. The Morgan fingerprint density at radius 3 is 2.10 bits per heavy atom. The van der Waals surface area contributed by atoms with Crippen LogP contribution in [-0.2, 0) is 28.9 Å². The third-order valence-corrected chi connectivity index (χ3v) is 9.60. The number of hydrogen-bond donors (Lipinski definition) is 1. The van der Waals surface area contributed by atoms with E-state index in [-0.39, 0.29) is 32.4 Å². The molecule has 0 unspecified atom stereocenters. The number of hydrogen-bond acceptors (Lipinski definition) is 10. The van der Waals surface area contributed by atoms with Crippen molar-refractivity contribution in [3.8, 4) is 0 Å². The lowest BCUT2D eigenvalue weighted by atomic mass is 10.1. The third kappa shape index (κ3) is 6.23. The molecular weight excluding hydrogens is 627 g/mol. The molecule has 208 valence electrons. The van der Waals surface area contributed by atoms with E-state index >= 15 is 0 Å². The van der Waals surface area contributed by atoms with Crippen LogP contribution < -0.4 is 4.72 Å². The zero-order valence-electron chi connectivity index (χ0n) is 20.0. The fraction of sp³-hybridized carbons (Fsp3) is 0.0435. The van der Waals surface area contributed by atoms with Gasteiger partial charge in [-0.15, -0.1) is 10.2 Å². The van der Waals surface area contributed by atoms with Crippen molar-refractivity contribution in [2.24, 2.45) is 10.2 Å². The van der Waals surface area contributed by atoms with E-state index in [0.717, 1.165) is 36.6 Å². The maximum absolute atomic E-state index is 13.2. The Balaban J connectivity index is 1.85. The molecule has 0 aliphatic heterocycles. The molecule has 1 N–H and O–H groups in total. The summed E-state index contributed by atoms with van der Waals surface area (Å²) in [5.74, 6) is 0. The van der Waals surface area contributed by atoms with Crippen LogP contribution in [0.15, 0.2) is 97.7 Å². The number of fused-ring (bicyclic) bond motifs is 1. The number of anilines is 1. The van der Waals surface area contributed by atoms with Crippen LogP contribution in [0.25, 0.3) is 10.8 Å². The van der Waals surface area contributed by atoms with Gasteiger partial charge in [0.05, 0.1) is 26.1 Å². The summed E-state index contributed by atoms with van der Waals surface area (Å²) in [6.45, 7) is 0. The highest BCUT2D eigenvalue weighted by molar-refractivity contribution is 8.13. The van der Waals surface area contributed by atoms with E-state index in [1.165, 1.54) is 36.4 Å². The Morgan fingerprint density at radius 1 is 0.825 bits per heavy atom. The molecule has 0 atom stereocenters. The van der Waals surface area contributed by atoms with Crippen molar-refractivity contribution in [3.05, 3.63) is 87.9 Å². The van der Waals surface area contributed by atoms with Gasteiger partial charge in [0, 0.05) is 44.9 Å². The highest BCUT2D eigenvalue weighted by atomic mass is 35.7. The van der Waals surface area contributed by atoms with Crippen LogP contribution in [-0.4, -0.2) is 36.4 Å². The first-order chi connectivity index (χ1) is 18.6. The smallest absolute Gasteiger partial charge is 0.270 e. The summed E-state index contributed by atoms with van der Waals surface area (Å²) in [7, 11) is -7.15. The Labute approximate surface area is 237 Å². The molecule has 0 radical (unpaired) electrons. The van der Waals surface area contributed by atoms with Crippen molar-refractivity contribution in [1.29, 1.82) is 0 Å². The molecule has 0 bridgehead atoms. The third-order valence-electron chi connectivity index (χ3n) is 5.43. The van der Waals surface area contributed by atoms with Crippen LogP contribution in [0.2, 0.25) is 5.02 Å². The van der Waals surface area contributed by atoms with Gasteiger partial charge in [0.15, 0.2) is 9.84 Å². The Bertz CT molecular complexity index is 2050. The van der Waals surface area contributed by atoms with E-state index in [1.54, 1.807) is 6.07 Å². The molecule has 0 saturated heterocycles. The average Bonchev–Trinajstić information content (AvgIpc) is 2.87. The van der Waals surface area contributed by atoms with Gasteiger partial charge in [-0.3, -0.25) is 14.8 Å². The van der Waals surface area contributed by atoms with Crippen LogP contribution in [0.3, 0.4) is 0 Å². The number of nitrogens with one attached hydrogen (secondary N) is 1. The number of sulfone groups is 1. The van der Waals surface area contributed by atoms with Gasteiger partial charge in [-0.05, 0) is 42.5 Å². The molecule has 0 spiro atoms. The van der Waals surface area contributed by atoms with Gasteiger partial charge in [0.25, 0.3) is 24.8 Å².